The topological polar surface area (TPSA) is 70.5 Å². The smallest absolute Gasteiger partial charge is 0.145 e. The number of nitrogens with two attached hydrogens (primary N) is 2. The molecule has 0 aliphatic carbocycles. The van der Waals surface area contributed by atoms with Gasteiger partial charge >= 0.3 is 0 Å². The lowest BCUT2D eigenvalue weighted by molar-refractivity contribution is 0.361. The Bertz CT molecular complexity index is 348. The second-order valence-electron chi connectivity index (χ2n) is 2.69. The molecule has 0 bridgehead atoms. The zero-order valence-electron chi connectivity index (χ0n) is 8.28. The number of hydrogen-bond donors (Lipinski definition) is 2. The number of benzene rings is 1. The first-order chi connectivity index (χ1) is 6.72. The van der Waals surface area contributed by atoms with Crippen LogP contribution in [0, 0.1) is 0 Å². The number of anilines is 1. The van der Waals surface area contributed by atoms with Crippen molar-refractivity contribution in [3.63, 3.8) is 0 Å². The van der Waals surface area contributed by atoms with Crippen molar-refractivity contribution < 1.29 is 9.47 Å². The number of rotatable bonds is 3. The molecule has 0 radical (unpaired) electrons. The molecular formula is C10H14N2O2. The van der Waals surface area contributed by atoms with Crippen LogP contribution in [0.2, 0.25) is 0 Å². The van der Waals surface area contributed by atoms with Gasteiger partial charge in [-0.1, -0.05) is 0 Å². The number of hydrogen-bond acceptors (Lipinski definition) is 4. The maximum Gasteiger partial charge on any atom is 0.145 e. The predicted octanol–water partition coefficient (Wildman–Crippen LogP) is 1.18. The summed E-state index contributed by atoms with van der Waals surface area (Å²) in [6.45, 7) is 0. The molecule has 4 heteroatoms. The predicted molar refractivity (Wildman–Crippen MR) is 56.6 cm³/mol. The van der Waals surface area contributed by atoms with Gasteiger partial charge in [0.2, 0.25) is 0 Å². The van der Waals surface area contributed by atoms with Gasteiger partial charge in [0.05, 0.1) is 19.8 Å². The van der Waals surface area contributed by atoms with E-state index in [1.165, 1.54) is 6.20 Å². The zero-order chi connectivity index (χ0) is 10.6. The second-order valence-corrected chi connectivity index (χ2v) is 2.69. The molecule has 4 nitrogen and oxygen atoms in total. The molecular weight excluding hydrogens is 180 g/mol. The lowest BCUT2D eigenvalue weighted by atomic mass is 10.1. The molecule has 0 atom stereocenters. The monoisotopic (exact) mass is 194 g/mol. The van der Waals surface area contributed by atoms with Crippen molar-refractivity contribution in [2.45, 2.75) is 0 Å². The zero-order valence-corrected chi connectivity index (χ0v) is 8.28. The van der Waals surface area contributed by atoms with E-state index < -0.39 is 0 Å². The molecule has 0 aromatic heterocycles. The summed E-state index contributed by atoms with van der Waals surface area (Å²) in [6.07, 6.45) is 1.38. The van der Waals surface area contributed by atoms with E-state index in [2.05, 4.69) is 0 Å². The van der Waals surface area contributed by atoms with Crippen LogP contribution in [0.15, 0.2) is 24.4 Å². The van der Waals surface area contributed by atoms with E-state index in [9.17, 15) is 0 Å². The molecule has 0 unspecified atom stereocenters. The third-order valence-corrected chi connectivity index (χ3v) is 1.86. The van der Waals surface area contributed by atoms with Gasteiger partial charge in [-0.2, -0.15) is 0 Å². The summed E-state index contributed by atoms with van der Waals surface area (Å²) in [5, 5.41) is 0. The van der Waals surface area contributed by atoms with Crippen molar-refractivity contribution in [1.29, 1.82) is 0 Å². The Labute approximate surface area is 83.1 Å². The lowest BCUT2D eigenvalue weighted by Crippen LogP contribution is -1.97. The van der Waals surface area contributed by atoms with Crippen molar-refractivity contribution in [3.8, 4) is 5.75 Å². The average Bonchev–Trinajstić information content (AvgIpc) is 2.21. The van der Waals surface area contributed by atoms with Crippen LogP contribution in [0.4, 0.5) is 5.69 Å². The van der Waals surface area contributed by atoms with Gasteiger partial charge in [-0.25, -0.2) is 0 Å². The summed E-state index contributed by atoms with van der Waals surface area (Å²) < 4.78 is 10.2. The highest BCUT2D eigenvalue weighted by molar-refractivity contribution is 5.68. The Morgan fingerprint density at radius 2 is 2.07 bits per heavy atom. The molecule has 14 heavy (non-hydrogen) atoms. The second kappa shape index (κ2) is 4.41. The van der Waals surface area contributed by atoms with E-state index in [0.717, 1.165) is 5.56 Å². The third kappa shape index (κ3) is 1.90. The number of methoxy groups -OCH3 is 2. The van der Waals surface area contributed by atoms with Crippen molar-refractivity contribution in [2.75, 3.05) is 20.0 Å². The van der Waals surface area contributed by atoms with Crippen LogP contribution in [0.25, 0.3) is 5.76 Å². The standard InChI is InChI=1S/C10H14N2O2/c1-13-9-5-7(12)3-4-8(9)10(6-11)14-2/h3-6H,11-12H2,1-2H3/b10-6-. The fourth-order valence-electron chi connectivity index (χ4n) is 1.18. The molecule has 1 aromatic carbocycles. The summed E-state index contributed by atoms with van der Waals surface area (Å²) in [5.41, 5.74) is 12.4. The van der Waals surface area contributed by atoms with Crippen LogP contribution in [-0.4, -0.2) is 14.2 Å². The minimum atomic E-state index is 0.557. The van der Waals surface area contributed by atoms with Gasteiger partial charge in [0, 0.05) is 18.0 Å². The molecule has 0 heterocycles. The van der Waals surface area contributed by atoms with Gasteiger partial charge in [-0.3, -0.25) is 0 Å². The molecule has 0 aliphatic heterocycles. The maximum absolute atomic E-state index is 5.61. The van der Waals surface area contributed by atoms with Crippen molar-refractivity contribution in [3.05, 3.63) is 30.0 Å². The van der Waals surface area contributed by atoms with Crippen LogP contribution in [-0.2, 0) is 4.74 Å². The Morgan fingerprint density at radius 1 is 1.36 bits per heavy atom. The minimum absolute atomic E-state index is 0.557. The molecule has 0 fully saturated rings. The molecule has 0 spiro atoms. The SMILES string of the molecule is CO/C(=C\N)c1ccc(N)cc1OC. The van der Waals surface area contributed by atoms with E-state index in [0.29, 0.717) is 17.2 Å². The Kier molecular flexibility index (Phi) is 3.23. The number of nitrogen functional groups attached to an aromatic ring is 1. The summed E-state index contributed by atoms with van der Waals surface area (Å²) in [4.78, 5) is 0. The minimum Gasteiger partial charge on any atom is -0.496 e. The van der Waals surface area contributed by atoms with Gasteiger partial charge in [-0.05, 0) is 12.1 Å². The lowest BCUT2D eigenvalue weighted by Gasteiger charge is -2.10. The van der Waals surface area contributed by atoms with Gasteiger partial charge in [0.15, 0.2) is 0 Å². The first-order valence-corrected chi connectivity index (χ1v) is 4.12. The highest BCUT2D eigenvalue weighted by Gasteiger charge is 2.08. The van der Waals surface area contributed by atoms with Gasteiger partial charge in [0.25, 0.3) is 0 Å². The average molecular weight is 194 g/mol. The van der Waals surface area contributed by atoms with Crippen molar-refractivity contribution in [2.24, 2.45) is 5.73 Å². The molecule has 0 saturated carbocycles. The largest absolute Gasteiger partial charge is 0.496 e. The summed E-state index contributed by atoms with van der Waals surface area (Å²) in [6, 6.07) is 5.29. The van der Waals surface area contributed by atoms with Gasteiger partial charge < -0.3 is 20.9 Å². The highest BCUT2D eigenvalue weighted by Crippen LogP contribution is 2.27. The molecule has 4 N–H and O–H groups in total. The first kappa shape index (κ1) is 10.2. The summed E-state index contributed by atoms with van der Waals surface area (Å²) in [7, 11) is 3.12. The van der Waals surface area contributed by atoms with E-state index in [-0.39, 0.29) is 0 Å². The Morgan fingerprint density at radius 3 is 2.57 bits per heavy atom. The van der Waals surface area contributed by atoms with E-state index in [1.807, 2.05) is 0 Å². The van der Waals surface area contributed by atoms with Crippen LogP contribution >= 0.6 is 0 Å². The normalized spacial score (nSPS) is 11.1. The van der Waals surface area contributed by atoms with Crippen LogP contribution in [0.1, 0.15) is 5.56 Å². The first-order valence-electron chi connectivity index (χ1n) is 4.12. The fraction of sp³-hybridized carbons (Fsp3) is 0.200. The van der Waals surface area contributed by atoms with Gasteiger partial charge in [0.1, 0.15) is 11.5 Å². The van der Waals surface area contributed by atoms with E-state index >= 15 is 0 Å². The molecule has 76 valence electrons. The molecule has 0 aliphatic rings. The van der Waals surface area contributed by atoms with Crippen LogP contribution < -0.4 is 16.2 Å². The van der Waals surface area contributed by atoms with Crippen molar-refractivity contribution in [1.82, 2.24) is 0 Å². The van der Waals surface area contributed by atoms with Gasteiger partial charge in [-0.15, -0.1) is 0 Å². The van der Waals surface area contributed by atoms with Crippen LogP contribution in [0.3, 0.4) is 0 Å². The molecule has 0 amide bonds. The third-order valence-electron chi connectivity index (χ3n) is 1.86. The molecule has 1 rings (SSSR count). The highest BCUT2D eigenvalue weighted by atomic mass is 16.5. The molecule has 1 aromatic rings. The van der Waals surface area contributed by atoms with Crippen molar-refractivity contribution >= 4 is 11.4 Å². The summed E-state index contributed by atoms with van der Waals surface area (Å²) in [5.74, 6) is 1.20. The maximum atomic E-state index is 5.61. The van der Waals surface area contributed by atoms with E-state index in [4.69, 9.17) is 20.9 Å². The Hall–Kier alpha value is -1.84. The fourth-order valence-corrected chi connectivity index (χ4v) is 1.18. The van der Waals surface area contributed by atoms with Crippen LogP contribution in [0.5, 0.6) is 5.75 Å². The Balaban J connectivity index is 3.20. The quantitative estimate of drug-likeness (QED) is 0.560. The number of ether oxygens (including phenoxy) is 2. The summed E-state index contributed by atoms with van der Waals surface area (Å²) >= 11 is 0. The van der Waals surface area contributed by atoms with E-state index in [1.54, 1.807) is 32.4 Å². The molecule has 0 saturated heterocycles.